The minimum absolute atomic E-state index is 0.106. The second-order valence-corrected chi connectivity index (χ2v) is 12.2. The molecule has 2 N–H and O–H groups in total. The molecule has 0 radical (unpaired) electrons. The van der Waals surface area contributed by atoms with E-state index < -0.39 is 10.0 Å². The Morgan fingerprint density at radius 1 is 1.14 bits per heavy atom. The zero-order valence-corrected chi connectivity index (χ0v) is 21.3. The third-order valence-corrected chi connectivity index (χ3v) is 10.00. The van der Waals surface area contributed by atoms with E-state index >= 15 is 0 Å². The average molecular weight is 499 g/mol. The van der Waals surface area contributed by atoms with Gasteiger partial charge in [0.25, 0.3) is 0 Å². The van der Waals surface area contributed by atoms with Gasteiger partial charge in [-0.1, -0.05) is 35.3 Å². The fourth-order valence-electron chi connectivity index (χ4n) is 6.64. The zero-order chi connectivity index (χ0) is 25.0. The van der Waals surface area contributed by atoms with E-state index in [9.17, 15) is 18.6 Å². The van der Waals surface area contributed by atoms with Gasteiger partial charge in [0.2, 0.25) is 0 Å². The van der Waals surface area contributed by atoms with Crippen molar-refractivity contribution in [1.29, 1.82) is 0 Å². The molecule has 5 rings (SSSR count). The molecule has 8 heteroatoms. The van der Waals surface area contributed by atoms with Crippen LogP contribution < -0.4 is 0 Å². The lowest BCUT2D eigenvalue weighted by molar-refractivity contribution is -0.0774. The molecule has 2 aromatic rings. The highest BCUT2D eigenvalue weighted by Crippen LogP contribution is 2.61. The number of aliphatic hydroxyl groups excluding tert-OH is 1. The van der Waals surface area contributed by atoms with Gasteiger partial charge in [0.05, 0.1) is 23.3 Å². The highest BCUT2D eigenvalue weighted by molar-refractivity contribution is 7.89. The smallest absolute Gasteiger partial charge is 0.302 e. The van der Waals surface area contributed by atoms with Crippen LogP contribution in [0.25, 0.3) is 0 Å². The molecule has 2 fully saturated rings. The van der Waals surface area contributed by atoms with Gasteiger partial charge in [-0.25, -0.2) is 4.84 Å². The molecule has 188 valence electrons. The molecule has 35 heavy (non-hydrogen) atoms. The van der Waals surface area contributed by atoms with Gasteiger partial charge in [0.15, 0.2) is 0 Å². The lowest BCUT2D eigenvalue weighted by atomic mass is 9.55. The fraction of sp³-hybridized carbons (Fsp3) is 0.519. The van der Waals surface area contributed by atoms with E-state index in [1.807, 2.05) is 13.0 Å². The Bertz CT molecular complexity index is 1240. The van der Waals surface area contributed by atoms with Gasteiger partial charge in [0, 0.05) is 5.56 Å². The number of fused-ring (bicyclic) bond motifs is 5. The van der Waals surface area contributed by atoms with Crippen LogP contribution in [0.3, 0.4) is 0 Å². The number of phenols is 1. The summed E-state index contributed by atoms with van der Waals surface area (Å²) in [7, 11) is -4.04. The highest BCUT2D eigenvalue weighted by Gasteiger charge is 2.55. The summed E-state index contributed by atoms with van der Waals surface area (Å²) in [5, 5.41) is 25.6. The van der Waals surface area contributed by atoms with Crippen LogP contribution >= 0.6 is 0 Å². The minimum atomic E-state index is -4.04. The van der Waals surface area contributed by atoms with Crippen LogP contribution in [0.5, 0.6) is 5.75 Å². The van der Waals surface area contributed by atoms with Crippen LogP contribution in [0.4, 0.5) is 0 Å². The first kappa shape index (κ1) is 24.3. The molecule has 0 heterocycles. The topological polar surface area (TPSA) is 99.4 Å². The largest absolute Gasteiger partial charge is 0.508 e. The van der Waals surface area contributed by atoms with Crippen molar-refractivity contribution in [2.24, 2.45) is 22.4 Å². The SMILES string of the molecule is CCON(N=C1C[C@@H]2[C@H](CC[C@]3(C)[C@@H](O)CC[C@@H]23)c2ccc(O)cc21)S(=O)(=O)c1ccc(C)cc1. The molecule has 0 amide bonds. The van der Waals surface area contributed by atoms with Gasteiger partial charge in [-0.3, -0.25) is 0 Å². The number of nitrogens with zero attached hydrogens (tertiary/aromatic N) is 2. The first-order chi connectivity index (χ1) is 16.6. The van der Waals surface area contributed by atoms with E-state index in [2.05, 4.69) is 12.0 Å². The molecule has 0 spiro atoms. The lowest BCUT2D eigenvalue weighted by Gasteiger charge is -2.50. The predicted octanol–water partition coefficient (Wildman–Crippen LogP) is 4.72. The molecule has 0 unspecified atom stereocenters. The Kier molecular flexibility index (Phi) is 6.18. The number of phenolic OH excluding ortho intramolecular Hbond substituents is 1. The van der Waals surface area contributed by atoms with Crippen LogP contribution in [0.1, 0.15) is 68.6 Å². The van der Waals surface area contributed by atoms with Crippen LogP contribution in [-0.4, -0.2) is 41.6 Å². The van der Waals surface area contributed by atoms with Crippen molar-refractivity contribution < 1.29 is 23.5 Å². The number of aliphatic hydroxyl groups is 1. The van der Waals surface area contributed by atoms with Crippen LogP contribution in [0.15, 0.2) is 52.5 Å². The van der Waals surface area contributed by atoms with Crippen molar-refractivity contribution in [2.75, 3.05) is 6.61 Å². The minimum Gasteiger partial charge on any atom is -0.508 e. The summed E-state index contributed by atoms with van der Waals surface area (Å²) in [6, 6.07) is 11.9. The first-order valence-corrected chi connectivity index (χ1v) is 13.9. The van der Waals surface area contributed by atoms with Crippen LogP contribution in [0.2, 0.25) is 0 Å². The molecule has 7 nitrogen and oxygen atoms in total. The Hall–Kier alpha value is -2.42. The molecular formula is C27H34N2O5S. The van der Waals surface area contributed by atoms with E-state index in [1.165, 1.54) is 0 Å². The number of hydrazone groups is 1. The van der Waals surface area contributed by atoms with Gasteiger partial charge in [-0.2, -0.15) is 8.42 Å². The van der Waals surface area contributed by atoms with Crippen LogP contribution in [0, 0.1) is 24.2 Å². The Morgan fingerprint density at radius 3 is 2.60 bits per heavy atom. The number of hydrogen-bond acceptors (Lipinski definition) is 6. The van der Waals surface area contributed by atoms with Crippen molar-refractivity contribution >= 4 is 15.7 Å². The molecule has 0 aromatic heterocycles. The third kappa shape index (κ3) is 4.05. The number of hydrogen-bond donors (Lipinski definition) is 2. The number of benzene rings is 2. The van der Waals surface area contributed by atoms with Gasteiger partial charge in [0.1, 0.15) is 5.75 Å². The summed E-state index contributed by atoms with van der Waals surface area (Å²) in [6.45, 7) is 5.95. The van der Waals surface area contributed by atoms with Crippen molar-refractivity contribution in [1.82, 2.24) is 4.58 Å². The second-order valence-electron chi connectivity index (χ2n) is 10.5. The summed E-state index contributed by atoms with van der Waals surface area (Å²) in [5.41, 5.74) is 3.28. The standard InChI is InChI=1S/C27H34N2O5S/c1-4-34-29(35(32,33)19-8-5-17(2)6-9-19)28-25-16-22-21(20-10-7-18(30)15-23(20)25)13-14-27(3)24(22)11-12-26(27)31/h5-10,15,21-22,24,26,30-31H,4,11-14,16H2,1-3H3/t21-,22-,24+,26+,27+/m1/s1. The lowest BCUT2D eigenvalue weighted by Crippen LogP contribution is -2.45. The molecule has 3 aliphatic carbocycles. The summed E-state index contributed by atoms with van der Waals surface area (Å²) in [4.78, 5) is 5.66. The van der Waals surface area contributed by atoms with E-state index in [1.54, 1.807) is 43.3 Å². The van der Waals surface area contributed by atoms with Gasteiger partial charge < -0.3 is 10.2 Å². The number of aryl methyl sites for hydroxylation is 1. The van der Waals surface area contributed by atoms with Crippen LogP contribution in [-0.2, 0) is 14.9 Å². The summed E-state index contributed by atoms with van der Waals surface area (Å²) >= 11 is 0. The molecule has 2 aromatic carbocycles. The van der Waals surface area contributed by atoms with E-state index in [0.717, 1.165) is 47.0 Å². The second kappa shape index (κ2) is 8.91. The fourth-order valence-corrected chi connectivity index (χ4v) is 7.75. The normalized spacial score (nSPS) is 31.0. The maximum atomic E-state index is 13.5. The van der Waals surface area contributed by atoms with Crippen molar-refractivity contribution in [2.45, 2.75) is 69.8 Å². The molecule has 0 aliphatic heterocycles. The highest BCUT2D eigenvalue weighted by atomic mass is 32.2. The Balaban J connectivity index is 1.60. The van der Waals surface area contributed by atoms with E-state index in [4.69, 9.17) is 4.84 Å². The predicted molar refractivity (Wildman–Crippen MR) is 133 cm³/mol. The van der Waals surface area contributed by atoms with Crippen molar-refractivity contribution in [3.63, 3.8) is 0 Å². The average Bonchev–Trinajstić information content (AvgIpc) is 3.13. The number of rotatable bonds is 5. The quantitative estimate of drug-likeness (QED) is 0.581. The zero-order valence-electron chi connectivity index (χ0n) is 20.5. The number of aromatic hydroxyl groups is 1. The molecule has 0 bridgehead atoms. The molecular weight excluding hydrogens is 464 g/mol. The molecule has 3 aliphatic rings. The number of sulfonamides is 1. The van der Waals surface area contributed by atoms with Crippen molar-refractivity contribution in [3.8, 4) is 5.75 Å². The Labute approximate surface area is 207 Å². The monoisotopic (exact) mass is 498 g/mol. The first-order valence-electron chi connectivity index (χ1n) is 12.5. The third-order valence-electron chi connectivity index (χ3n) is 8.53. The maximum absolute atomic E-state index is 13.5. The van der Waals surface area contributed by atoms with Gasteiger partial charge in [-0.05, 0) is 98.9 Å². The Morgan fingerprint density at radius 2 is 1.89 bits per heavy atom. The maximum Gasteiger partial charge on any atom is 0.302 e. The van der Waals surface area contributed by atoms with Gasteiger partial charge in [-0.15, -0.1) is 5.10 Å². The molecule has 0 saturated heterocycles. The van der Waals surface area contributed by atoms with Crippen molar-refractivity contribution in [3.05, 3.63) is 59.2 Å². The van der Waals surface area contributed by atoms with Gasteiger partial charge >= 0.3 is 10.0 Å². The van der Waals surface area contributed by atoms with E-state index in [-0.39, 0.29) is 34.7 Å². The summed E-state index contributed by atoms with van der Waals surface area (Å²) in [6.07, 6.45) is 3.93. The molecule has 2 saturated carbocycles. The molecule has 5 atom stereocenters. The van der Waals surface area contributed by atoms with E-state index in [0.29, 0.717) is 24.0 Å². The summed E-state index contributed by atoms with van der Waals surface area (Å²) < 4.78 is 27.7. The summed E-state index contributed by atoms with van der Waals surface area (Å²) in [5.74, 6) is 0.989.